The van der Waals surface area contributed by atoms with Crippen LogP contribution < -0.4 is 15.4 Å². The number of nitrogens with zero attached hydrogens (tertiary/aromatic N) is 1. The van der Waals surface area contributed by atoms with Crippen LogP contribution >= 0.6 is 0 Å². The van der Waals surface area contributed by atoms with Crippen LogP contribution in [0.1, 0.15) is 48.2 Å². The summed E-state index contributed by atoms with van der Waals surface area (Å²) in [6, 6.07) is 10.7. The normalized spacial score (nSPS) is 14.6. The van der Waals surface area contributed by atoms with Crippen LogP contribution in [-0.2, 0) is 16.7 Å². The number of carbonyl (C=O) groups is 1. The van der Waals surface area contributed by atoms with E-state index in [1.54, 1.807) is 6.07 Å². The van der Waals surface area contributed by atoms with Crippen molar-refractivity contribution in [2.75, 3.05) is 12.4 Å². The lowest BCUT2D eigenvalue weighted by atomic mass is 10.0. The Balaban J connectivity index is 1.43. The number of aromatic nitrogens is 1. The molecule has 0 bridgehead atoms. The second kappa shape index (κ2) is 10.5. The van der Waals surface area contributed by atoms with Crippen molar-refractivity contribution < 1.29 is 22.5 Å². The summed E-state index contributed by atoms with van der Waals surface area (Å²) in [5.74, 6) is 0.415. The molecule has 3 rings (SSSR count). The fraction of sp³-hybridized carbons (Fsp3) is 0.429. The van der Waals surface area contributed by atoms with Gasteiger partial charge >= 0.3 is 0 Å². The number of hydrogen-bond donors (Lipinski definition) is 3. The van der Waals surface area contributed by atoms with Gasteiger partial charge in [-0.05, 0) is 48.7 Å². The van der Waals surface area contributed by atoms with Gasteiger partial charge in [0.05, 0.1) is 6.20 Å². The van der Waals surface area contributed by atoms with Crippen LogP contribution in [-0.4, -0.2) is 36.3 Å². The number of pyridine rings is 1. The lowest BCUT2D eigenvalue weighted by molar-refractivity contribution is 0.0954. The van der Waals surface area contributed by atoms with Gasteiger partial charge in [-0.15, -0.1) is 0 Å². The Morgan fingerprint density at radius 3 is 2.43 bits per heavy atom. The van der Waals surface area contributed by atoms with Gasteiger partial charge in [0, 0.05) is 6.54 Å². The lowest BCUT2D eigenvalue weighted by Gasteiger charge is -2.10. The molecule has 0 spiro atoms. The molecule has 1 aromatic heterocycles. The minimum absolute atomic E-state index is 0.0185. The highest BCUT2D eigenvalue weighted by Crippen LogP contribution is 2.27. The first kappa shape index (κ1) is 22.2. The Hall–Kier alpha value is -2.49. The monoisotopic (exact) mass is 433 g/mol. The molecule has 30 heavy (non-hydrogen) atoms. The molecule has 1 aliphatic carbocycles. The Labute approximate surface area is 176 Å². The van der Waals surface area contributed by atoms with Crippen molar-refractivity contribution in [1.29, 1.82) is 0 Å². The van der Waals surface area contributed by atoms with Crippen molar-refractivity contribution in [2.24, 2.45) is 5.92 Å². The summed E-state index contributed by atoms with van der Waals surface area (Å²) < 4.78 is 35.7. The van der Waals surface area contributed by atoms with Crippen LogP contribution in [0.5, 0.6) is 11.5 Å². The topological polar surface area (TPSA) is 118 Å². The van der Waals surface area contributed by atoms with Gasteiger partial charge in [-0.3, -0.25) is 9.35 Å². The van der Waals surface area contributed by atoms with E-state index in [1.807, 2.05) is 24.3 Å². The van der Waals surface area contributed by atoms with Crippen LogP contribution in [0, 0.1) is 5.92 Å². The summed E-state index contributed by atoms with van der Waals surface area (Å²) in [6.45, 7) is 1.86. The lowest BCUT2D eigenvalue weighted by Crippen LogP contribution is -2.29. The van der Waals surface area contributed by atoms with Gasteiger partial charge in [0.25, 0.3) is 16.0 Å². The number of amides is 1. The standard InChI is InChI=1S/C21H27N3O5S/c25-21(24-15-30(26,27)28)20-10-9-19(14-23-20)29-18-7-5-17(6-8-18)13-22-12-11-16-3-1-2-4-16/h5-10,14,16,22H,1-4,11-13,15H2,(H,24,25)(H,26,27,28). The minimum atomic E-state index is -4.28. The van der Waals surface area contributed by atoms with Crippen LogP contribution in [0.4, 0.5) is 0 Å². The van der Waals surface area contributed by atoms with Gasteiger partial charge in [0.15, 0.2) is 0 Å². The SMILES string of the molecule is O=C(NCS(=O)(=O)O)c1ccc(Oc2ccc(CNCCC3CCCC3)cc2)cn1. The predicted molar refractivity (Wildman–Crippen MR) is 113 cm³/mol. The molecule has 1 saturated carbocycles. The van der Waals surface area contributed by atoms with E-state index in [4.69, 9.17) is 9.29 Å². The summed E-state index contributed by atoms with van der Waals surface area (Å²) in [4.78, 5) is 15.7. The zero-order valence-corrected chi connectivity index (χ0v) is 17.5. The maximum atomic E-state index is 11.8. The molecule has 2 aromatic rings. The maximum absolute atomic E-state index is 11.8. The van der Waals surface area contributed by atoms with Crippen molar-refractivity contribution in [3.8, 4) is 11.5 Å². The van der Waals surface area contributed by atoms with Crippen LogP contribution in [0.15, 0.2) is 42.6 Å². The molecule has 3 N–H and O–H groups in total. The van der Waals surface area contributed by atoms with Gasteiger partial charge < -0.3 is 15.4 Å². The molecule has 162 valence electrons. The highest BCUT2D eigenvalue weighted by Gasteiger charge is 2.14. The fourth-order valence-electron chi connectivity index (χ4n) is 3.47. The number of hydrogen-bond acceptors (Lipinski definition) is 6. The summed E-state index contributed by atoms with van der Waals surface area (Å²) in [5, 5.41) is 5.56. The molecule has 8 nitrogen and oxygen atoms in total. The average Bonchev–Trinajstić information content (AvgIpc) is 3.24. The zero-order valence-electron chi connectivity index (χ0n) is 16.7. The molecule has 0 saturated heterocycles. The third kappa shape index (κ3) is 7.40. The smallest absolute Gasteiger partial charge is 0.283 e. The van der Waals surface area contributed by atoms with E-state index in [0.29, 0.717) is 11.5 Å². The van der Waals surface area contributed by atoms with E-state index >= 15 is 0 Å². The van der Waals surface area contributed by atoms with Crippen LogP contribution in [0.3, 0.4) is 0 Å². The number of carbonyl (C=O) groups excluding carboxylic acids is 1. The second-order valence-electron chi connectivity index (χ2n) is 7.47. The average molecular weight is 434 g/mol. The van der Waals surface area contributed by atoms with Crippen LogP contribution in [0.25, 0.3) is 0 Å². The molecule has 1 fully saturated rings. The molecule has 1 heterocycles. The van der Waals surface area contributed by atoms with E-state index in [1.165, 1.54) is 49.9 Å². The molecule has 9 heteroatoms. The predicted octanol–water partition coefficient (Wildman–Crippen LogP) is 3.12. The zero-order chi connectivity index (χ0) is 21.4. The molecular formula is C21H27N3O5S. The van der Waals surface area contributed by atoms with E-state index in [-0.39, 0.29) is 5.69 Å². The van der Waals surface area contributed by atoms with Crippen molar-refractivity contribution in [3.05, 3.63) is 53.9 Å². The van der Waals surface area contributed by atoms with Gasteiger partial charge in [0.1, 0.15) is 23.1 Å². The molecule has 0 radical (unpaired) electrons. The first-order chi connectivity index (χ1) is 14.4. The van der Waals surface area contributed by atoms with Gasteiger partial charge in [-0.1, -0.05) is 37.8 Å². The molecule has 1 aromatic carbocycles. The minimum Gasteiger partial charge on any atom is -0.456 e. The largest absolute Gasteiger partial charge is 0.456 e. The summed E-state index contributed by atoms with van der Waals surface area (Å²) in [7, 11) is -4.28. The first-order valence-corrected chi connectivity index (χ1v) is 11.7. The first-order valence-electron chi connectivity index (χ1n) is 10.1. The molecule has 0 unspecified atom stereocenters. The molecule has 1 amide bonds. The number of nitrogens with one attached hydrogen (secondary N) is 2. The third-order valence-electron chi connectivity index (χ3n) is 5.08. The van der Waals surface area contributed by atoms with Crippen molar-refractivity contribution in [1.82, 2.24) is 15.6 Å². The molecule has 1 aliphatic rings. The molecule has 0 atom stereocenters. The molecular weight excluding hydrogens is 406 g/mol. The third-order valence-corrected chi connectivity index (χ3v) is 5.59. The Morgan fingerprint density at radius 1 is 1.10 bits per heavy atom. The van der Waals surface area contributed by atoms with Crippen molar-refractivity contribution >= 4 is 16.0 Å². The van der Waals surface area contributed by atoms with E-state index in [9.17, 15) is 13.2 Å². The Bertz CT molecular complexity index is 924. The maximum Gasteiger partial charge on any atom is 0.283 e. The highest BCUT2D eigenvalue weighted by atomic mass is 32.2. The van der Waals surface area contributed by atoms with Crippen molar-refractivity contribution in [3.63, 3.8) is 0 Å². The number of rotatable bonds is 10. The van der Waals surface area contributed by atoms with E-state index in [0.717, 1.165) is 19.0 Å². The van der Waals surface area contributed by atoms with E-state index in [2.05, 4.69) is 15.6 Å². The van der Waals surface area contributed by atoms with Gasteiger partial charge in [-0.2, -0.15) is 8.42 Å². The summed E-state index contributed by atoms with van der Waals surface area (Å²) >= 11 is 0. The number of benzene rings is 1. The summed E-state index contributed by atoms with van der Waals surface area (Å²) in [5.41, 5.74) is 1.20. The quantitative estimate of drug-likeness (QED) is 0.389. The fourth-order valence-corrected chi connectivity index (χ4v) is 3.79. The Kier molecular flexibility index (Phi) is 7.78. The van der Waals surface area contributed by atoms with E-state index < -0.39 is 21.9 Å². The number of ether oxygens (including phenoxy) is 1. The van der Waals surface area contributed by atoms with Crippen molar-refractivity contribution in [2.45, 2.75) is 38.6 Å². The Morgan fingerprint density at radius 2 is 1.80 bits per heavy atom. The van der Waals surface area contributed by atoms with Gasteiger partial charge in [0.2, 0.25) is 0 Å². The summed E-state index contributed by atoms with van der Waals surface area (Å²) in [6.07, 6.45) is 8.13. The van der Waals surface area contributed by atoms with Gasteiger partial charge in [-0.25, -0.2) is 4.98 Å². The van der Waals surface area contributed by atoms with Crippen LogP contribution in [0.2, 0.25) is 0 Å². The molecule has 0 aliphatic heterocycles. The second-order valence-corrected chi connectivity index (χ2v) is 8.93. The highest BCUT2D eigenvalue weighted by molar-refractivity contribution is 7.85.